The van der Waals surface area contributed by atoms with E-state index in [0.29, 0.717) is 0 Å². The molecule has 0 atom stereocenters. The molecule has 2 aliphatic rings. The SMILES string of the molecule is O=S(=O)(O)C(F)(F)F.S.c1ccc(C2CCCCC2)c(C2CCCCC2)c1. The van der Waals surface area contributed by atoms with Crippen molar-refractivity contribution in [3.63, 3.8) is 0 Å². The fourth-order valence-electron chi connectivity index (χ4n) is 4.08. The molecule has 1 aromatic carbocycles. The average Bonchev–Trinajstić information content (AvgIpc) is 2.62. The van der Waals surface area contributed by atoms with Gasteiger partial charge in [0.1, 0.15) is 0 Å². The van der Waals surface area contributed by atoms with Crippen LogP contribution >= 0.6 is 13.5 Å². The van der Waals surface area contributed by atoms with Crippen LogP contribution in [0, 0.1) is 0 Å². The van der Waals surface area contributed by atoms with Crippen LogP contribution < -0.4 is 0 Å². The van der Waals surface area contributed by atoms with E-state index in [-0.39, 0.29) is 13.5 Å². The summed E-state index contributed by atoms with van der Waals surface area (Å²) in [4.78, 5) is 0. The Kier molecular flexibility index (Phi) is 9.65. The maximum Gasteiger partial charge on any atom is 0.522 e. The van der Waals surface area contributed by atoms with Crippen molar-refractivity contribution in [2.75, 3.05) is 0 Å². The van der Waals surface area contributed by atoms with E-state index in [1.807, 2.05) is 0 Å². The molecule has 0 heterocycles. The topological polar surface area (TPSA) is 54.4 Å². The maximum atomic E-state index is 10.7. The van der Waals surface area contributed by atoms with Crippen molar-refractivity contribution in [3.8, 4) is 0 Å². The van der Waals surface area contributed by atoms with Gasteiger partial charge in [0.05, 0.1) is 0 Å². The zero-order valence-corrected chi connectivity index (χ0v) is 17.2. The molecule has 1 N–H and O–H groups in total. The van der Waals surface area contributed by atoms with Gasteiger partial charge in [0, 0.05) is 0 Å². The van der Waals surface area contributed by atoms with Crippen LogP contribution in [0.25, 0.3) is 0 Å². The summed E-state index contributed by atoms with van der Waals surface area (Å²) >= 11 is 0. The number of alkyl halides is 3. The van der Waals surface area contributed by atoms with Crippen LogP contribution in [0.3, 0.4) is 0 Å². The summed E-state index contributed by atoms with van der Waals surface area (Å²) in [5, 5.41) is 0. The molecule has 8 heteroatoms. The summed E-state index contributed by atoms with van der Waals surface area (Å²) in [6.07, 6.45) is 14.5. The van der Waals surface area contributed by atoms with E-state index in [2.05, 4.69) is 24.3 Å². The highest BCUT2D eigenvalue weighted by molar-refractivity contribution is 7.86. The Morgan fingerprint density at radius 3 is 1.33 bits per heavy atom. The van der Waals surface area contributed by atoms with E-state index in [1.54, 1.807) is 11.1 Å². The smallest absolute Gasteiger partial charge is 0.279 e. The van der Waals surface area contributed by atoms with E-state index < -0.39 is 15.6 Å². The van der Waals surface area contributed by atoms with Gasteiger partial charge in [-0.3, -0.25) is 4.55 Å². The quantitative estimate of drug-likeness (QED) is 0.447. The van der Waals surface area contributed by atoms with Gasteiger partial charge in [0.15, 0.2) is 0 Å². The molecule has 0 radical (unpaired) electrons. The van der Waals surface area contributed by atoms with Gasteiger partial charge < -0.3 is 0 Å². The monoisotopic (exact) mass is 426 g/mol. The molecular formula is C19H29F3O3S2. The van der Waals surface area contributed by atoms with E-state index in [1.165, 1.54) is 64.2 Å². The van der Waals surface area contributed by atoms with Crippen molar-refractivity contribution in [1.29, 1.82) is 0 Å². The Morgan fingerprint density at radius 2 is 1.07 bits per heavy atom. The Morgan fingerprint density at radius 1 is 0.778 bits per heavy atom. The summed E-state index contributed by atoms with van der Waals surface area (Å²) in [7, 11) is -5.84. The third-order valence-corrected chi connectivity index (χ3v) is 5.96. The second-order valence-corrected chi connectivity index (χ2v) is 8.63. The molecule has 2 fully saturated rings. The van der Waals surface area contributed by atoms with Gasteiger partial charge in [-0.1, -0.05) is 62.8 Å². The van der Waals surface area contributed by atoms with Crippen LogP contribution in [0.5, 0.6) is 0 Å². The first-order valence-electron chi connectivity index (χ1n) is 9.32. The fraction of sp³-hybridized carbons (Fsp3) is 0.684. The minimum absolute atomic E-state index is 0. The Balaban J connectivity index is 0.000000350. The van der Waals surface area contributed by atoms with Crippen LogP contribution in [0.15, 0.2) is 24.3 Å². The van der Waals surface area contributed by atoms with E-state index >= 15 is 0 Å². The van der Waals surface area contributed by atoms with Crippen molar-refractivity contribution >= 4 is 23.6 Å². The minimum atomic E-state index is -5.84. The van der Waals surface area contributed by atoms with Gasteiger partial charge in [0.2, 0.25) is 0 Å². The lowest BCUT2D eigenvalue weighted by Crippen LogP contribution is -2.21. The zero-order chi connectivity index (χ0) is 19.2. The van der Waals surface area contributed by atoms with Crippen LogP contribution in [0.4, 0.5) is 13.2 Å². The summed E-state index contributed by atoms with van der Waals surface area (Å²) in [5.41, 5.74) is -2.11. The third kappa shape index (κ3) is 7.31. The third-order valence-electron chi connectivity index (χ3n) is 5.38. The van der Waals surface area contributed by atoms with Crippen LogP contribution in [-0.4, -0.2) is 18.5 Å². The first kappa shape index (κ1) is 24.3. The van der Waals surface area contributed by atoms with E-state index in [9.17, 15) is 13.2 Å². The molecule has 2 aliphatic carbocycles. The molecule has 2 saturated carbocycles. The molecule has 0 aromatic heterocycles. The lowest BCUT2D eigenvalue weighted by atomic mass is 9.76. The van der Waals surface area contributed by atoms with E-state index in [0.717, 1.165) is 11.8 Å². The highest BCUT2D eigenvalue weighted by Crippen LogP contribution is 2.40. The molecule has 0 aliphatic heterocycles. The van der Waals surface area contributed by atoms with Gasteiger partial charge >= 0.3 is 15.6 Å². The summed E-state index contributed by atoms with van der Waals surface area (Å²) in [6.45, 7) is 0. The molecule has 27 heavy (non-hydrogen) atoms. The molecule has 3 rings (SSSR count). The molecule has 0 saturated heterocycles. The molecule has 156 valence electrons. The number of rotatable bonds is 2. The molecule has 1 aromatic rings. The average molecular weight is 427 g/mol. The Labute approximate surface area is 166 Å². The fourth-order valence-corrected chi connectivity index (χ4v) is 4.08. The lowest BCUT2D eigenvalue weighted by Gasteiger charge is -2.29. The molecule has 0 bridgehead atoms. The van der Waals surface area contributed by atoms with E-state index in [4.69, 9.17) is 13.0 Å². The second-order valence-electron chi connectivity index (χ2n) is 7.22. The predicted octanol–water partition coefficient (Wildman–Crippen LogP) is 6.29. The zero-order valence-electron chi connectivity index (χ0n) is 15.3. The van der Waals surface area contributed by atoms with Crippen molar-refractivity contribution in [1.82, 2.24) is 0 Å². The number of halogens is 3. The highest BCUT2D eigenvalue weighted by Gasteiger charge is 2.44. The van der Waals surface area contributed by atoms with Crippen molar-refractivity contribution in [3.05, 3.63) is 35.4 Å². The summed E-state index contributed by atoms with van der Waals surface area (Å²) in [6, 6.07) is 9.38. The maximum absolute atomic E-state index is 10.7. The molecule has 0 unspecified atom stereocenters. The lowest BCUT2D eigenvalue weighted by molar-refractivity contribution is -0.0510. The van der Waals surface area contributed by atoms with Gasteiger partial charge in [-0.05, 0) is 48.6 Å². The number of hydrogen-bond acceptors (Lipinski definition) is 2. The number of hydrogen-bond donors (Lipinski definition) is 1. The predicted molar refractivity (Wildman–Crippen MR) is 106 cm³/mol. The van der Waals surface area contributed by atoms with Crippen LogP contribution in [-0.2, 0) is 10.1 Å². The van der Waals surface area contributed by atoms with Gasteiger partial charge in [0.25, 0.3) is 0 Å². The molecule has 0 amide bonds. The van der Waals surface area contributed by atoms with Gasteiger partial charge in [-0.15, -0.1) is 0 Å². The van der Waals surface area contributed by atoms with Crippen molar-refractivity contribution in [2.45, 2.75) is 81.6 Å². The number of benzene rings is 1. The highest BCUT2D eigenvalue weighted by atomic mass is 32.2. The van der Waals surface area contributed by atoms with Gasteiger partial charge in [-0.2, -0.15) is 35.1 Å². The first-order chi connectivity index (χ1) is 12.2. The molecular weight excluding hydrogens is 397 g/mol. The second kappa shape index (κ2) is 10.7. The standard InChI is InChI=1S/C18H26.CHF3O3S.H2S/c1-3-9-15(10-4-1)17-13-7-8-14-18(17)16-11-5-2-6-12-16;2-1(3,4)8(5,6)7;/h7-8,13-16H,1-6,9-12H2;(H,5,6,7);1H2. The van der Waals surface area contributed by atoms with Crippen LogP contribution in [0.1, 0.15) is 87.2 Å². The van der Waals surface area contributed by atoms with Crippen LogP contribution in [0.2, 0.25) is 0 Å². The minimum Gasteiger partial charge on any atom is -0.279 e. The summed E-state index contributed by atoms with van der Waals surface area (Å²) in [5.74, 6) is 1.74. The molecule has 3 nitrogen and oxygen atoms in total. The van der Waals surface area contributed by atoms with Crippen molar-refractivity contribution < 1.29 is 26.1 Å². The largest absolute Gasteiger partial charge is 0.522 e. The summed E-state index contributed by atoms with van der Waals surface area (Å²) < 4.78 is 57.5. The Hall–Kier alpha value is -0.730. The normalized spacial score (nSPS) is 19.6. The Bertz CT molecular complexity index is 626. The molecule has 0 spiro atoms. The first-order valence-corrected chi connectivity index (χ1v) is 10.8. The van der Waals surface area contributed by atoms with Crippen molar-refractivity contribution in [2.24, 2.45) is 0 Å². The van der Waals surface area contributed by atoms with Gasteiger partial charge in [-0.25, -0.2) is 0 Å².